The molecule has 0 fully saturated rings. The van der Waals surface area contributed by atoms with Crippen molar-refractivity contribution < 1.29 is 23.8 Å². The van der Waals surface area contributed by atoms with E-state index in [1.54, 1.807) is 16.8 Å². The Morgan fingerprint density at radius 1 is 1.19 bits per heavy atom. The SMILES string of the molecule is O=C([O-])c1cc(-c2ccco2)nc2c1cnn2Cc1ccc2c(c1)OCO2. The molecular formula is C19H12N3O5-. The number of ether oxygens (including phenoxy) is 2. The van der Waals surface area contributed by atoms with E-state index in [-0.39, 0.29) is 12.4 Å². The Morgan fingerprint density at radius 2 is 2.07 bits per heavy atom. The fourth-order valence-corrected chi connectivity index (χ4v) is 3.10. The highest BCUT2D eigenvalue weighted by Gasteiger charge is 2.17. The molecule has 5 rings (SSSR count). The minimum absolute atomic E-state index is 0.0170. The molecule has 134 valence electrons. The summed E-state index contributed by atoms with van der Waals surface area (Å²) in [5.74, 6) is 0.540. The summed E-state index contributed by atoms with van der Waals surface area (Å²) in [5, 5.41) is 16.3. The normalized spacial score (nSPS) is 12.6. The van der Waals surface area contributed by atoms with Crippen molar-refractivity contribution >= 4 is 17.0 Å². The monoisotopic (exact) mass is 362 g/mol. The second-order valence-corrected chi connectivity index (χ2v) is 6.05. The number of carboxylic acid groups (broad SMARTS) is 1. The first-order valence-electron chi connectivity index (χ1n) is 8.19. The number of aromatic carboxylic acids is 1. The van der Waals surface area contributed by atoms with Crippen LogP contribution in [0.15, 0.2) is 53.3 Å². The Bertz CT molecular complexity index is 1160. The van der Waals surface area contributed by atoms with Crippen molar-refractivity contribution in [1.29, 1.82) is 0 Å². The van der Waals surface area contributed by atoms with E-state index in [1.165, 1.54) is 18.5 Å². The Labute approximate surface area is 152 Å². The van der Waals surface area contributed by atoms with Crippen LogP contribution in [0.1, 0.15) is 15.9 Å². The third kappa shape index (κ3) is 2.58. The minimum atomic E-state index is -1.29. The number of carboxylic acids is 1. The van der Waals surface area contributed by atoms with Gasteiger partial charge in [0.2, 0.25) is 6.79 Å². The molecule has 0 saturated carbocycles. The summed E-state index contributed by atoms with van der Waals surface area (Å²) in [7, 11) is 0. The fraction of sp³-hybridized carbons (Fsp3) is 0.105. The molecule has 8 nitrogen and oxygen atoms in total. The Balaban J connectivity index is 1.61. The van der Waals surface area contributed by atoms with Crippen molar-refractivity contribution in [3.63, 3.8) is 0 Å². The highest BCUT2D eigenvalue weighted by Crippen LogP contribution is 2.33. The van der Waals surface area contributed by atoms with Crippen LogP contribution < -0.4 is 14.6 Å². The number of carbonyl (C=O) groups is 1. The number of benzene rings is 1. The van der Waals surface area contributed by atoms with Crippen molar-refractivity contribution in [2.75, 3.05) is 6.79 Å². The number of hydrogen-bond acceptors (Lipinski definition) is 7. The second-order valence-electron chi connectivity index (χ2n) is 6.05. The molecule has 0 unspecified atom stereocenters. The molecular weight excluding hydrogens is 350 g/mol. The number of aromatic nitrogens is 3. The van der Waals surface area contributed by atoms with E-state index >= 15 is 0 Å². The highest BCUT2D eigenvalue weighted by atomic mass is 16.7. The number of furan rings is 1. The van der Waals surface area contributed by atoms with Crippen molar-refractivity contribution in [3.8, 4) is 23.0 Å². The lowest BCUT2D eigenvalue weighted by Gasteiger charge is -2.09. The van der Waals surface area contributed by atoms with Gasteiger partial charge in [0.25, 0.3) is 0 Å². The van der Waals surface area contributed by atoms with Crippen LogP contribution >= 0.6 is 0 Å². The zero-order valence-corrected chi connectivity index (χ0v) is 13.9. The van der Waals surface area contributed by atoms with Crippen molar-refractivity contribution in [2.24, 2.45) is 0 Å². The van der Waals surface area contributed by atoms with Gasteiger partial charge in [-0.25, -0.2) is 9.67 Å². The number of nitrogens with zero attached hydrogens (tertiary/aromatic N) is 3. The van der Waals surface area contributed by atoms with Gasteiger partial charge in [0.05, 0.1) is 25.0 Å². The van der Waals surface area contributed by atoms with Crippen molar-refractivity contribution in [2.45, 2.75) is 6.54 Å². The summed E-state index contributed by atoms with van der Waals surface area (Å²) < 4.78 is 17.7. The van der Waals surface area contributed by atoms with Gasteiger partial charge < -0.3 is 23.8 Å². The van der Waals surface area contributed by atoms with Crippen LogP contribution in [-0.4, -0.2) is 27.5 Å². The van der Waals surface area contributed by atoms with Crippen LogP contribution in [0.3, 0.4) is 0 Å². The molecule has 27 heavy (non-hydrogen) atoms. The largest absolute Gasteiger partial charge is 0.545 e. The second kappa shape index (κ2) is 5.87. The number of fused-ring (bicyclic) bond motifs is 2. The quantitative estimate of drug-likeness (QED) is 0.546. The zero-order chi connectivity index (χ0) is 18.4. The third-order valence-electron chi connectivity index (χ3n) is 4.37. The predicted octanol–water partition coefficient (Wildman–Crippen LogP) is 1.83. The Morgan fingerprint density at radius 3 is 2.89 bits per heavy atom. The molecule has 1 aliphatic heterocycles. The maximum absolute atomic E-state index is 11.6. The van der Waals surface area contributed by atoms with Gasteiger partial charge in [-0.2, -0.15) is 5.10 Å². The third-order valence-corrected chi connectivity index (χ3v) is 4.37. The molecule has 1 aliphatic rings. The van der Waals surface area contributed by atoms with Crippen LogP contribution in [0, 0.1) is 0 Å². The smallest absolute Gasteiger partial charge is 0.231 e. The van der Waals surface area contributed by atoms with Gasteiger partial charge in [-0.05, 0) is 35.9 Å². The van der Waals surface area contributed by atoms with E-state index in [0.29, 0.717) is 40.5 Å². The van der Waals surface area contributed by atoms with Crippen LogP contribution in [0.25, 0.3) is 22.5 Å². The van der Waals surface area contributed by atoms with E-state index in [4.69, 9.17) is 13.9 Å². The first kappa shape index (κ1) is 15.4. The van der Waals surface area contributed by atoms with Crippen LogP contribution in [-0.2, 0) is 6.54 Å². The molecule has 0 amide bonds. The highest BCUT2D eigenvalue weighted by molar-refractivity contribution is 6.01. The zero-order valence-electron chi connectivity index (χ0n) is 13.9. The molecule has 0 N–H and O–H groups in total. The van der Waals surface area contributed by atoms with Gasteiger partial charge in [-0.15, -0.1) is 0 Å². The molecule has 0 atom stereocenters. The maximum atomic E-state index is 11.6. The first-order chi connectivity index (χ1) is 13.2. The van der Waals surface area contributed by atoms with E-state index in [9.17, 15) is 9.90 Å². The summed E-state index contributed by atoms with van der Waals surface area (Å²) in [6, 6.07) is 10.5. The lowest BCUT2D eigenvalue weighted by atomic mass is 10.1. The molecule has 0 aliphatic carbocycles. The molecule has 3 aromatic heterocycles. The van der Waals surface area contributed by atoms with Crippen LogP contribution in [0.4, 0.5) is 0 Å². The van der Waals surface area contributed by atoms with E-state index in [1.807, 2.05) is 18.2 Å². The molecule has 8 heteroatoms. The number of pyridine rings is 1. The molecule has 0 saturated heterocycles. The summed E-state index contributed by atoms with van der Waals surface area (Å²) in [6.07, 6.45) is 2.98. The van der Waals surface area contributed by atoms with Gasteiger partial charge in [-0.1, -0.05) is 6.07 Å². The molecule has 4 heterocycles. The molecule has 0 radical (unpaired) electrons. The predicted molar refractivity (Wildman–Crippen MR) is 91.2 cm³/mol. The number of carbonyl (C=O) groups excluding carboxylic acids is 1. The summed E-state index contributed by atoms with van der Waals surface area (Å²) >= 11 is 0. The van der Waals surface area contributed by atoms with Gasteiger partial charge in [0.1, 0.15) is 5.69 Å². The first-order valence-corrected chi connectivity index (χ1v) is 8.19. The molecule has 0 bridgehead atoms. The number of hydrogen-bond donors (Lipinski definition) is 0. The van der Waals surface area contributed by atoms with Gasteiger partial charge in [-0.3, -0.25) is 0 Å². The van der Waals surface area contributed by atoms with E-state index in [0.717, 1.165) is 5.56 Å². The minimum Gasteiger partial charge on any atom is -0.545 e. The molecule has 1 aromatic carbocycles. The lowest BCUT2D eigenvalue weighted by molar-refractivity contribution is -0.254. The van der Waals surface area contributed by atoms with Gasteiger partial charge in [0, 0.05) is 10.9 Å². The Hall–Kier alpha value is -3.81. The van der Waals surface area contributed by atoms with E-state index in [2.05, 4.69) is 10.1 Å². The molecule has 0 spiro atoms. The van der Waals surface area contributed by atoms with Crippen LogP contribution in [0.2, 0.25) is 0 Å². The van der Waals surface area contributed by atoms with Crippen molar-refractivity contribution in [1.82, 2.24) is 14.8 Å². The number of rotatable bonds is 4. The fourth-order valence-electron chi connectivity index (χ4n) is 3.10. The maximum Gasteiger partial charge on any atom is 0.231 e. The van der Waals surface area contributed by atoms with E-state index < -0.39 is 5.97 Å². The topological polar surface area (TPSA) is 102 Å². The Kier molecular flexibility index (Phi) is 3.36. The average Bonchev–Trinajstić information content (AvgIpc) is 3.41. The summed E-state index contributed by atoms with van der Waals surface area (Å²) in [6.45, 7) is 0.591. The van der Waals surface area contributed by atoms with Gasteiger partial charge >= 0.3 is 0 Å². The molecule has 4 aromatic rings. The summed E-state index contributed by atoms with van der Waals surface area (Å²) in [5.41, 5.74) is 1.77. The van der Waals surface area contributed by atoms with Crippen molar-refractivity contribution in [3.05, 3.63) is 60.0 Å². The standard InChI is InChI=1S/C19H13N3O5/c23-19(24)12-7-14(15-2-1-5-25-15)21-18-13(12)8-20-22(18)9-11-3-4-16-17(6-11)27-10-26-16/h1-8H,9-10H2,(H,23,24)/p-1. The van der Waals surface area contributed by atoms with Gasteiger partial charge in [0.15, 0.2) is 22.9 Å². The average molecular weight is 362 g/mol. The summed E-state index contributed by atoms with van der Waals surface area (Å²) in [4.78, 5) is 16.1. The lowest BCUT2D eigenvalue weighted by Crippen LogP contribution is -2.22. The van der Waals surface area contributed by atoms with Crippen LogP contribution in [0.5, 0.6) is 11.5 Å².